The number of fused-ring (bicyclic) bond motifs is 1. The third kappa shape index (κ3) is 6.85. The van der Waals surface area contributed by atoms with Gasteiger partial charge in [-0.2, -0.15) is 0 Å². The molecule has 0 amide bonds. The minimum absolute atomic E-state index is 0. The monoisotopic (exact) mass is 533 g/mol. The summed E-state index contributed by atoms with van der Waals surface area (Å²) in [6, 6.07) is 10.6. The zero-order valence-corrected chi connectivity index (χ0v) is 20.3. The summed E-state index contributed by atoms with van der Waals surface area (Å²) in [6.45, 7) is 3.85. The van der Waals surface area contributed by atoms with Crippen molar-refractivity contribution < 1.29 is 8.42 Å². The van der Waals surface area contributed by atoms with E-state index in [1.54, 1.807) is 11.4 Å². The minimum atomic E-state index is -3.06. The van der Waals surface area contributed by atoms with E-state index in [4.69, 9.17) is 0 Å². The third-order valence-electron chi connectivity index (χ3n) is 5.37. The van der Waals surface area contributed by atoms with Crippen LogP contribution in [0.15, 0.2) is 41.5 Å². The van der Waals surface area contributed by atoms with Crippen LogP contribution in [0.4, 0.5) is 0 Å². The Kier molecular flexibility index (Phi) is 9.22. The number of nitrogens with zero attached hydrogens (tertiary/aromatic N) is 3. The molecule has 3 rings (SSSR count). The molecule has 1 saturated heterocycles. The molecule has 0 saturated carbocycles. The summed E-state index contributed by atoms with van der Waals surface area (Å²) in [7, 11) is -1.28. The van der Waals surface area contributed by atoms with Crippen molar-refractivity contribution in [2.45, 2.75) is 25.8 Å². The molecule has 0 spiro atoms. The van der Waals surface area contributed by atoms with Crippen molar-refractivity contribution >= 4 is 50.9 Å². The number of piperidine rings is 1. The highest BCUT2D eigenvalue weighted by molar-refractivity contribution is 14.0. The topological polar surface area (TPSA) is 78.7 Å². The fraction of sp³-hybridized carbons (Fsp3) is 0.550. The summed E-state index contributed by atoms with van der Waals surface area (Å²) >= 11 is 0. The van der Waals surface area contributed by atoms with Crippen LogP contribution in [0.2, 0.25) is 0 Å². The molecular formula is C20H32IN5O2S. The van der Waals surface area contributed by atoms with Crippen molar-refractivity contribution in [1.29, 1.82) is 0 Å². The van der Waals surface area contributed by atoms with E-state index < -0.39 is 10.0 Å². The number of sulfonamides is 1. The van der Waals surface area contributed by atoms with Crippen LogP contribution in [0.1, 0.15) is 19.3 Å². The van der Waals surface area contributed by atoms with Crippen LogP contribution in [0.5, 0.6) is 0 Å². The molecule has 0 unspecified atom stereocenters. The van der Waals surface area contributed by atoms with Crippen molar-refractivity contribution in [2.75, 3.05) is 39.5 Å². The molecule has 2 N–H and O–H groups in total. The predicted molar refractivity (Wildman–Crippen MR) is 130 cm³/mol. The first-order valence-electron chi connectivity index (χ1n) is 9.91. The third-order valence-corrected chi connectivity index (χ3v) is 6.68. The minimum Gasteiger partial charge on any atom is -0.356 e. The first kappa shape index (κ1) is 23.9. The SMILES string of the molecule is CN=C(NCCCn1ccc2ccccc21)NCC1CCN(S(C)(=O)=O)CC1.I. The Morgan fingerprint density at radius 3 is 2.59 bits per heavy atom. The number of hydrogen-bond acceptors (Lipinski definition) is 3. The van der Waals surface area contributed by atoms with E-state index in [-0.39, 0.29) is 24.0 Å². The van der Waals surface area contributed by atoms with Crippen LogP contribution < -0.4 is 10.6 Å². The number of nitrogens with one attached hydrogen (secondary N) is 2. The largest absolute Gasteiger partial charge is 0.356 e. The first-order valence-corrected chi connectivity index (χ1v) is 11.8. The van der Waals surface area contributed by atoms with E-state index in [1.165, 1.54) is 17.2 Å². The number of aromatic nitrogens is 1. The number of para-hydroxylation sites is 1. The smallest absolute Gasteiger partial charge is 0.211 e. The average Bonchev–Trinajstić information content (AvgIpc) is 3.10. The van der Waals surface area contributed by atoms with Gasteiger partial charge in [0, 0.05) is 51.5 Å². The second-order valence-corrected chi connectivity index (χ2v) is 9.39. The zero-order chi connectivity index (χ0) is 20.0. The molecule has 2 heterocycles. The van der Waals surface area contributed by atoms with Crippen molar-refractivity contribution in [2.24, 2.45) is 10.9 Å². The zero-order valence-electron chi connectivity index (χ0n) is 17.2. The Labute approximate surface area is 191 Å². The van der Waals surface area contributed by atoms with Crippen molar-refractivity contribution in [1.82, 2.24) is 19.5 Å². The molecule has 0 bridgehead atoms. The lowest BCUT2D eigenvalue weighted by Crippen LogP contribution is -2.44. The second kappa shape index (κ2) is 11.2. The molecule has 0 radical (unpaired) electrons. The van der Waals surface area contributed by atoms with Gasteiger partial charge in [0.2, 0.25) is 10.0 Å². The lowest BCUT2D eigenvalue weighted by Gasteiger charge is -2.30. The molecule has 0 aliphatic carbocycles. The van der Waals surface area contributed by atoms with Crippen molar-refractivity contribution in [3.63, 3.8) is 0 Å². The summed E-state index contributed by atoms with van der Waals surface area (Å²) in [5.41, 5.74) is 1.27. The molecule has 162 valence electrons. The van der Waals surface area contributed by atoms with Crippen molar-refractivity contribution in [3.8, 4) is 0 Å². The summed E-state index contributed by atoms with van der Waals surface area (Å²) in [5.74, 6) is 1.28. The molecular weight excluding hydrogens is 501 g/mol. The molecule has 1 aromatic heterocycles. The fourth-order valence-electron chi connectivity index (χ4n) is 3.70. The highest BCUT2D eigenvalue weighted by atomic mass is 127. The number of hydrogen-bond donors (Lipinski definition) is 2. The van der Waals surface area contributed by atoms with Crippen LogP contribution in [-0.2, 0) is 16.6 Å². The van der Waals surface area contributed by atoms with Gasteiger partial charge in [-0.15, -0.1) is 24.0 Å². The molecule has 1 fully saturated rings. The number of halogens is 1. The number of rotatable bonds is 7. The normalized spacial score (nSPS) is 16.6. The molecule has 7 nitrogen and oxygen atoms in total. The van der Waals surface area contributed by atoms with Gasteiger partial charge < -0.3 is 15.2 Å². The standard InChI is InChI=1S/C20H31N5O2S.HI/c1-21-20(23-16-17-8-14-25(15-9-17)28(2,26)27)22-11-5-12-24-13-10-18-6-3-4-7-19(18)24;/h3-4,6-7,10,13,17H,5,8-9,11-12,14-16H2,1-2H3,(H2,21,22,23);1H. The van der Waals surface area contributed by atoms with Crippen LogP contribution in [0.25, 0.3) is 10.9 Å². The summed E-state index contributed by atoms with van der Waals surface area (Å²) in [5, 5.41) is 8.02. The van der Waals surface area contributed by atoms with Crippen LogP contribution >= 0.6 is 24.0 Å². The van der Waals surface area contributed by atoms with Gasteiger partial charge in [-0.05, 0) is 42.7 Å². The molecule has 1 aliphatic heterocycles. The highest BCUT2D eigenvalue weighted by Gasteiger charge is 2.24. The fourth-order valence-corrected chi connectivity index (χ4v) is 4.57. The van der Waals surface area contributed by atoms with E-state index in [2.05, 4.69) is 56.7 Å². The lowest BCUT2D eigenvalue weighted by molar-refractivity contribution is 0.275. The Balaban J connectivity index is 0.00000300. The second-order valence-electron chi connectivity index (χ2n) is 7.41. The summed E-state index contributed by atoms with van der Waals surface area (Å²) in [4.78, 5) is 4.29. The molecule has 1 aromatic carbocycles. The van der Waals surface area contributed by atoms with E-state index in [0.717, 1.165) is 44.9 Å². The molecule has 2 aromatic rings. The molecule has 1 aliphatic rings. The van der Waals surface area contributed by atoms with Gasteiger partial charge in [0.15, 0.2) is 5.96 Å². The Hall–Kier alpha value is -1.33. The van der Waals surface area contributed by atoms with Gasteiger partial charge in [-0.3, -0.25) is 4.99 Å². The summed E-state index contributed by atoms with van der Waals surface area (Å²) in [6.07, 6.45) is 6.20. The van der Waals surface area contributed by atoms with Crippen LogP contribution in [0.3, 0.4) is 0 Å². The van der Waals surface area contributed by atoms with Gasteiger partial charge in [-0.1, -0.05) is 18.2 Å². The average molecular weight is 533 g/mol. The van der Waals surface area contributed by atoms with Crippen LogP contribution in [0, 0.1) is 5.92 Å². The van der Waals surface area contributed by atoms with Gasteiger partial charge >= 0.3 is 0 Å². The highest BCUT2D eigenvalue weighted by Crippen LogP contribution is 2.18. The summed E-state index contributed by atoms with van der Waals surface area (Å²) < 4.78 is 27.0. The van der Waals surface area contributed by atoms with Gasteiger partial charge in [0.25, 0.3) is 0 Å². The number of aliphatic imine (C=N–C) groups is 1. The predicted octanol–water partition coefficient (Wildman–Crippen LogP) is 2.49. The number of benzene rings is 1. The maximum Gasteiger partial charge on any atom is 0.211 e. The van der Waals surface area contributed by atoms with E-state index in [1.807, 2.05) is 0 Å². The first-order chi connectivity index (χ1) is 13.5. The number of aryl methyl sites for hydroxylation is 1. The maximum absolute atomic E-state index is 11.6. The van der Waals surface area contributed by atoms with Crippen LogP contribution in [-0.4, -0.2) is 62.7 Å². The number of guanidine groups is 1. The van der Waals surface area contributed by atoms with Gasteiger partial charge in [-0.25, -0.2) is 12.7 Å². The van der Waals surface area contributed by atoms with E-state index in [9.17, 15) is 8.42 Å². The molecule has 9 heteroatoms. The Morgan fingerprint density at radius 2 is 1.90 bits per heavy atom. The molecule has 0 atom stereocenters. The van der Waals surface area contributed by atoms with E-state index >= 15 is 0 Å². The maximum atomic E-state index is 11.6. The molecule has 29 heavy (non-hydrogen) atoms. The Morgan fingerprint density at radius 1 is 1.17 bits per heavy atom. The lowest BCUT2D eigenvalue weighted by atomic mass is 9.98. The van der Waals surface area contributed by atoms with E-state index in [0.29, 0.717) is 19.0 Å². The van der Waals surface area contributed by atoms with Crippen molar-refractivity contribution in [3.05, 3.63) is 36.5 Å². The van der Waals surface area contributed by atoms with Gasteiger partial charge in [0.1, 0.15) is 0 Å². The quantitative estimate of drug-likeness (QED) is 0.248. The Bertz CT molecular complexity index is 904. The van der Waals surface area contributed by atoms with Gasteiger partial charge in [0.05, 0.1) is 6.26 Å².